The number of aromatic nitrogens is 1. The quantitative estimate of drug-likeness (QED) is 0.513. The van der Waals surface area contributed by atoms with Crippen LogP contribution in [0.15, 0.2) is 48.5 Å². The van der Waals surface area contributed by atoms with Gasteiger partial charge in [-0.25, -0.2) is 9.59 Å². The maximum atomic E-state index is 13.9. The molecule has 36 heavy (non-hydrogen) atoms. The summed E-state index contributed by atoms with van der Waals surface area (Å²) in [7, 11) is 0. The van der Waals surface area contributed by atoms with Crippen LogP contribution in [0.5, 0.6) is 0 Å². The van der Waals surface area contributed by atoms with Crippen molar-refractivity contribution in [3.05, 3.63) is 87.0 Å². The molecule has 0 unspecified atom stereocenters. The molecule has 0 fully saturated rings. The van der Waals surface area contributed by atoms with E-state index in [-0.39, 0.29) is 40.8 Å². The predicted molar refractivity (Wildman–Crippen MR) is 141 cm³/mol. The Morgan fingerprint density at radius 2 is 1.50 bits per heavy atom. The fourth-order valence-corrected chi connectivity index (χ4v) is 5.27. The Morgan fingerprint density at radius 1 is 0.944 bits per heavy atom. The van der Waals surface area contributed by atoms with Crippen LogP contribution in [0, 0.1) is 13.8 Å². The number of aryl methyl sites for hydroxylation is 2. The third-order valence-electron chi connectivity index (χ3n) is 5.84. The zero-order valence-electron chi connectivity index (χ0n) is 20.7. The summed E-state index contributed by atoms with van der Waals surface area (Å²) in [5, 5.41) is -0.134. The van der Waals surface area contributed by atoms with Crippen molar-refractivity contribution in [2.75, 3.05) is 18.9 Å². The summed E-state index contributed by atoms with van der Waals surface area (Å²) in [5.41, 5.74) is 10.1. The molecule has 1 atom stereocenters. The van der Waals surface area contributed by atoms with E-state index in [4.69, 9.17) is 15.2 Å². The smallest absolute Gasteiger partial charge is 0.357 e. The van der Waals surface area contributed by atoms with Gasteiger partial charge in [0, 0.05) is 5.22 Å². The van der Waals surface area contributed by atoms with Crippen molar-refractivity contribution in [3.8, 4) is 0 Å². The first kappa shape index (κ1) is 25.3. The van der Waals surface area contributed by atoms with Crippen molar-refractivity contribution in [1.29, 1.82) is 0 Å². The van der Waals surface area contributed by atoms with Gasteiger partial charge in [0.05, 0.1) is 24.3 Å². The molecule has 0 aliphatic carbocycles. The van der Waals surface area contributed by atoms with Crippen LogP contribution in [0.1, 0.15) is 56.6 Å². The standard InChI is InChI=1S/C28H28N2O5S/c1-5-34-27(32)23-21(29)20(15-18-11-7-16(3)8-12-18)22-25(28(33)35-6-2)36-24(26(31)30(22)23)19-13-9-17(4)10-14-19/h7-15,24H,5-6,29H2,1-4H3/b20-15+/t24-/m1/s1. The monoisotopic (exact) mass is 504 g/mol. The van der Waals surface area contributed by atoms with Gasteiger partial charge < -0.3 is 15.2 Å². The third kappa shape index (κ3) is 4.68. The van der Waals surface area contributed by atoms with Gasteiger partial charge in [0.2, 0.25) is 5.91 Å². The lowest BCUT2D eigenvalue weighted by Gasteiger charge is -2.23. The number of carbonyl (C=O) groups excluding carboxylic acids is 3. The molecule has 0 spiro atoms. The van der Waals surface area contributed by atoms with Crippen molar-refractivity contribution in [2.24, 2.45) is 0 Å². The van der Waals surface area contributed by atoms with E-state index in [1.54, 1.807) is 19.9 Å². The maximum Gasteiger partial charge on any atom is 0.357 e. The van der Waals surface area contributed by atoms with Crippen LogP contribution in [-0.2, 0) is 14.3 Å². The number of nitrogens with zero attached hydrogens (tertiary/aromatic N) is 1. The zero-order chi connectivity index (χ0) is 26.0. The van der Waals surface area contributed by atoms with Gasteiger partial charge in [-0.2, -0.15) is 0 Å². The summed E-state index contributed by atoms with van der Waals surface area (Å²) in [6.45, 7) is 7.58. The van der Waals surface area contributed by atoms with Crippen LogP contribution in [0.25, 0.3) is 11.0 Å². The predicted octanol–water partition coefficient (Wildman–Crippen LogP) is 3.49. The number of nitrogens with two attached hydrogens (primary N) is 1. The Kier molecular flexibility index (Phi) is 7.35. The second-order valence-electron chi connectivity index (χ2n) is 8.43. The van der Waals surface area contributed by atoms with Crippen LogP contribution in [0.4, 0.5) is 5.69 Å². The Labute approximate surface area is 213 Å². The van der Waals surface area contributed by atoms with Gasteiger partial charge in [-0.15, -0.1) is 0 Å². The highest BCUT2D eigenvalue weighted by Gasteiger charge is 2.38. The van der Waals surface area contributed by atoms with Gasteiger partial charge in [0.1, 0.15) is 10.2 Å². The van der Waals surface area contributed by atoms with Crippen LogP contribution >= 0.6 is 11.8 Å². The molecule has 186 valence electrons. The lowest BCUT2D eigenvalue weighted by molar-refractivity contribution is -0.135. The second-order valence-corrected chi connectivity index (χ2v) is 9.55. The average Bonchev–Trinajstić information content (AvgIpc) is 3.14. The molecular formula is C28H28N2O5S. The normalized spacial score (nSPS) is 15.6. The van der Waals surface area contributed by atoms with Gasteiger partial charge in [0.15, 0.2) is 5.69 Å². The molecule has 3 aromatic rings. The highest BCUT2D eigenvalue weighted by molar-refractivity contribution is 8.10. The number of carbonyl (C=O) groups is 3. The first-order valence-electron chi connectivity index (χ1n) is 11.7. The summed E-state index contributed by atoms with van der Waals surface area (Å²) in [5.74, 6) is -1.70. The van der Waals surface area contributed by atoms with E-state index in [2.05, 4.69) is 0 Å². The molecule has 4 rings (SSSR count). The number of nitrogen functional groups attached to an aromatic ring is 1. The fraction of sp³-hybridized carbons (Fsp3) is 0.250. The summed E-state index contributed by atoms with van der Waals surface area (Å²) >= 11 is 1.11. The van der Waals surface area contributed by atoms with E-state index >= 15 is 0 Å². The van der Waals surface area contributed by atoms with E-state index in [1.165, 1.54) is 4.57 Å². The number of thioether (sulfide) groups is 1. The van der Waals surface area contributed by atoms with Crippen LogP contribution in [-0.4, -0.2) is 35.6 Å². The van der Waals surface area contributed by atoms with Crippen LogP contribution < -0.4 is 16.3 Å². The van der Waals surface area contributed by atoms with E-state index in [0.717, 1.165) is 28.5 Å². The first-order chi connectivity index (χ1) is 17.3. The molecule has 1 aromatic heterocycles. The summed E-state index contributed by atoms with van der Waals surface area (Å²) in [6.07, 6.45) is 1.77. The highest BCUT2D eigenvalue weighted by Crippen LogP contribution is 2.39. The number of anilines is 1. The molecule has 1 aliphatic rings. The van der Waals surface area contributed by atoms with Gasteiger partial charge in [-0.3, -0.25) is 9.36 Å². The molecule has 2 heterocycles. The molecule has 1 aliphatic heterocycles. The van der Waals surface area contributed by atoms with Gasteiger partial charge in [-0.05, 0) is 44.9 Å². The minimum absolute atomic E-state index is 0.0735. The van der Waals surface area contributed by atoms with Crippen molar-refractivity contribution < 1.29 is 23.9 Å². The van der Waals surface area contributed by atoms with Crippen molar-refractivity contribution in [2.45, 2.75) is 32.9 Å². The molecule has 0 amide bonds. The fourth-order valence-electron chi connectivity index (χ4n) is 4.06. The molecule has 8 heteroatoms. The molecular weight excluding hydrogens is 476 g/mol. The van der Waals surface area contributed by atoms with E-state index in [0.29, 0.717) is 10.8 Å². The number of rotatable bonds is 6. The van der Waals surface area contributed by atoms with Crippen LogP contribution in [0.3, 0.4) is 0 Å². The third-order valence-corrected chi connectivity index (χ3v) is 7.15. The summed E-state index contributed by atoms with van der Waals surface area (Å²) in [6, 6.07) is 15.2. The molecule has 2 N–H and O–H groups in total. The molecule has 0 bridgehead atoms. The van der Waals surface area contributed by atoms with Crippen molar-refractivity contribution in [1.82, 2.24) is 4.57 Å². The maximum absolute atomic E-state index is 13.9. The topological polar surface area (TPSA) is 101 Å². The van der Waals surface area contributed by atoms with Gasteiger partial charge >= 0.3 is 11.9 Å². The Morgan fingerprint density at radius 3 is 2.08 bits per heavy atom. The molecule has 7 nitrogen and oxygen atoms in total. The van der Waals surface area contributed by atoms with E-state index < -0.39 is 17.2 Å². The van der Waals surface area contributed by atoms with E-state index in [9.17, 15) is 14.4 Å². The Balaban J connectivity index is 2.08. The highest BCUT2D eigenvalue weighted by atomic mass is 32.2. The lowest BCUT2D eigenvalue weighted by atomic mass is 10.1. The number of esters is 2. The molecule has 0 saturated carbocycles. The average molecular weight is 505 g/mol. The minimum atomic E-state index is -0.773. The largest absolute Gasteiger partial charge is 0.462 e. The number of hydrogen-bond acceptors (Lipinski definition) is 7. The van der Waals surface area contributed by atoms with Gasteiger partial charge in [0.25, 0.3) is 0 Å². The lowest BCUT2D eigenvalue weighted by Crippen LogP contribution is -2.42. The first-order valence-corrected chi connectivity index (χ1v) is 12.6. The molecule has 0 radical (unpaired) electrons. The number of hydrogen-bond donors (Lipinski definition) is 1. The zero-order valence-corrected chi connectivity index (χ0v) is 21.5. The Hall–Kier alpha value is -3.78. The summed E-state index contributed by atoms with van der Waals surface area (Å²) < 4.78 is 11.9. The number of ether oxygens (including phenoxy) is 2. The SMILES string of the molecule is CCOC(=O)C1=c2/c(=C/c3ccc(C)cc3)c(N)c(C(=O)OCC)n2C(=O)[C@@H](c2ccc(C)cc2)S1. The van der Waals surface area contributed by atoms with E-state index in [1.807, 2.05) is 62.4 Å². The minimum Gasteiger partial charge on any atom is -0.462 e. The number of fused-ring (bicyclic) bond motifs is 1. The Bertz CT molecular complexity index is 1450. The number of benzene rings is 2. The summed E-state index contributed by atoms with van der Waals surface area (Å²) in [4.78, 5) is 40.4. The van der Waals surface area contributed by atoms with Crippen LogP contribution in [0.2, 0.25) is 0 Å². The second kappa shape index (κ2) is 10.5. The van der Waals surface area contributed by atoms with Gasteiger partial charge in [-0.1, -0.05) is 71.4 Å². The molecule has 0 saturated heterocycles. The molecule has 2 aromatic carbocycles. The van der Waals surface area contributed by atoms with Crippen molar-refractivity contribution >= 4 is 46.3 Å². The van der Waals surface area contributed by atoms with Crippen molar-refractivity contribution in [3.63, 3.8) is 0 Å².